The fraction of sp³-hybridized carbons (Fsp3) is 0.105. The summed E-state index contributed by atoms with van der Waals surface area (Å²) in [4.78, 5) is 19.1. The van der Waals surface area contributed by atoms with Crippen LogP contribution in [-0.4, -0.2) is 21.0 Å². The average Bonchev–Trinajstić information content (AvgIpc) is 2.63. The van der Waals surface area contributed by atoms with Gasteiger partial charge in [0, 0.05) is 10.7 Å². The van der Waals surface area contributed by atoms with Crippen molar-refractivity contribution in [3.05, 3.63) is 64.4 Å². The summed E-state index contributed by atoms with van der Waals surface area (Å²) >= 11 is 6.18. The van der Waals surface area contributed by atoms with Gasteiger partial charge in [0.1, 0.15) is 17.8 Å². The number of carboxylic acid groups (broad SMARTS) is 1. The predicted molar refractivity (Wildman–Crippen MR) is 104 cm³/mol. The van der Waals surface area contributed by atoms with Gasteiger partial charge in [0.2, 0.25) is 5.88 Å². The van der Waals surface area contributed by atoms with Gasteiger partial charge in [-0.15, -0.1) is 0 Å². The Morgan fingerprint density at radius 3 is 2.37 bits per heavy atom. The van der Waals surface area contributed by atoms with E-state index in [1.165, 1.54) is 18.5 Å². The molecule has 0 spiro atoms. The summed E-state index contributed by atoms with van der Waals surface area (Å²) in [6, 6.07) is 9.82. The van der Waals surface area contributed by atoms with Crippen molar-refractivity contribution in [2.45, 2.75) is 13.8 Å². The molecule has 7 nitrogen and oxygen atoms in total. The van der Waals surface area contributed by atoms with Crippen LogP contribution in [0, 0.1) is 13.8 Å². The van der Waals surface area contributed by atoms with Crippen LogP contribution in [0.25, 0.3) is 0 Å². The lowest BCUT2D eigenvalue weighted by atomic mass is 10.1. The zero-order chi connectivity index (χ0) is 19.6. The van der Waals surface area contributed by atoms with Gasteiger partial charge in [-0.05, 0) is 61.4 Å². The van der Waals surface area contributed by atoms with Gasteiger partial charge in [-0.25, -0.2) is 9.78 Å². The summed E-state index contributed by atoms with van der Waals surface area (Å²) in [7, 11) is 0. The minimum absolute atomic E-state index is 0.189. The van der Waals surface area contributed by atoms with E-state index < -0.39 is 5.97 Å². The number of nitrogens with zero attached hydrogens (tertiary/aromatic N) is 2. The van der Waals surface area contributed by atoms with Crippen LogP contribution in [0.5, 0.6) is 11.6 Å². The molecule has 2 aromatic carbocycles. The Kier molecular flexibility index (Phi) is 5.14. The molecule has 0 bridgehead atoms. The van der Waals surface area contributed by atoms with Crippen LogP contribution in [0.1, 0.15) is 21.5 Å². The van der Waals surface area contributed by atoms with E-state index in [-0.39, 0.29) is 17.1 Å². The number of nitrogen functional groups attached to an aromatic ring is 1. The molecule has 1 heterocycles. The first-order chi connectivity index (χ1) is 12.8. The Morgan fingerprint density at radius 2 is 1.78 bits per heavy atom. The molecule has 138 valence electrons. The lowest BCUT2D eigenvalue weighted by molar-refractivity contribution is 0.0697. The van der Waals surface area contributed by atoms with Gasteiger partial charge in [-0.1, -0.05) is 11.6 Å². The second-order valence-electron chi connectivity index (χ2n) is 5.92. The molecule has 0 saturated carbocycles. The van der Waals surface area contributed by atoms with Crippen LogP contribution in [0.4, 0.5) is 17.2 Å². The number of nitrogens with one attached hydrogen (secondary N) is 1. The number of aromatic carboxylic acids is 1. The fourth-order valence-corrected chi connectivity index (χ4v) is 2.58. The van der Waals surface area contributed by atoms with Gasteiger partial charge < -0.3 is 20.9 Å². The summed E-state index contributed by atoms with van der Waals surface area (Å²) in [6.07, 6.45) is 1.33. The molecule has 3 rings (SSSR count). The SMILES string of the molecule is Cc1cc(Oc2ncnc(Nc3ccc(C(=O)O)cc3)c2N)cc(C)c1Cl. The molecule has 0 atom stereocenters. The summed E-state index contributed by atoms with van der Waals surface area (Å²) in [5.74, 6) is 0.130. The summed E-state index contributed by atoms with van der Waals surface area (Å²) in [6.45, 7) is 3.78. The quantitative estimate of drug-likeness (QED) is 0.591. The Hall–Kier alpha value is -3.32. The molecule has 0 fully saturated rings. The van der Waals surface area contributed by atoms with Crippen molar-refractivity contribution < 1.29 is 14.6 Å². The third-order valence-corrected chi connectivity index (χ3v) is 4.46. The number of aryl methyl sites for hydroxylation is 2. The molecule has 0 amide bonds. The van der Waals surface area contributed by atoms with E-state index in [2.05, 4.69) is 15.3 Å². The zero-order valence-corrected chi connectivity index (χ0v) is 15.4. The summed E-state index contributed by atoms with van der Waals surface area (Å²) < 4.78 is 5.80. The van der Waals surface area contributed by atoms with Crippen LogP contribution in [0.15, 0.2) is 42.7 Å². The molecule has 8 heteroatoms. The Labute approximate surface area is 160 Å². The molecule has 3 aromatic rings. The second-order valence-corrected chi connectivity index (χ2v) is 6.30. The molecule has 1 aromatic heterocycles. The Balaban J connectivity index is 1.84. The number of aromatic nitrogens is 2. The Morgan fingerprint density at radius 1 is 1.15 bits per heavy atom. The molecule has 0 aliphatic carbocycles. The first-order valence-corrected chi connectivity index (χ1v) is 8.38. The van der Waals surface area contributed by atoms with Crippen molar-refractivity contribution in [2.24, 2.45) is 0 Å². The van der Waals surface area contributed by atoms with Crippen molar-refractivity contribution >= 4 is 34.8 Å². The molecular formula is C19H17ClN4O3. The third kappa shape index (κ3) is 4.09. The van der Waals surface area contributed by atoms with Gasteiger partial charge in [0.25, 0.3) is 0 Å². The fourth-order valence-electron chi connectivity index (χ4n) is 2.47. The van der Waals surface area contributed by atoms with Gasteiger partial charge >= 0.3 is 5.97 Å². The molecule has 27 heavy (non-hydrogen) atoms. The first-order valence-electron chi connectivity index (χ1n) is 8.00. The second kappa shape index (κ2) is 7.51. The number of nitrogens with two attached hydrogens (primary N) is 1. The van der Waals surface area contributed by atoms with E-state index in [0.717, 1.165) is 11.1 Å². The lowest BCUT2D eigenvalue weighted by Crippen LogP contribution is -2.03. The van der Waals surface area contributed by atoms with E-state index in [1.807, 2.05) is 13.8 Å². The maximum Gasteiger partial charge on any atom is 0.335 e. The largest absolute Gasteiger partial charge is 0.478 e. The van der Waals surface area contributed by atoms with Gasteiger partial charge in [-0.3, -0.25) is 0 Å². The monoisotopic (exact) mass is 384 g/mol. The number of benzene rings is 2. The smallest absolute Gasteiger partial charge is 0.335 e. The molecule has 4 N–H and O–H groups in total. The minimum atomic E-state index is -0.993. The molecule has 0 radical (unpaired) electrons. The average molecular weight is 385 g/mol. The van der Waals surface area contributed by atoms with Crippen LogP contribution >= 0.6 is 11.6 Å². The lowest BCUT2D eigenvalue weighted by Gasteiger charge is -2.13. The first kappa shape index (κ1) is 18.5. The minimum Gasteiger partial charge on any atom is -0.478 e. The van der Waals surface area contributed by atoms with Crippen molar-refractivity contribution in [3.8, 4) is 11.6 Å². The highest BCUT2D eigenvalue weighted by Crippen LogP contribution is 2.33. The highest BCUT2D eigenvalue weighted by Gasteiger charge is 2.12. The van der Waals surface area contributed by atoms with Crippen molar-refractivity contribution in [1.82, 2.24) is 9.97 Å². The molecule has 0 saturated heterocycles. The van der Waals surface area contributed by atoms with Crippen LogP contribution in [0.3, 0.4) is 0 Å². The molecular weight excluding hydrogens is 368 g/mol. The standard InChI is InChI=1S/C19H17ClN4O3/c1-10-7-14(8-11(2)15(10)20)27-18-16(21)17(22-9-23-18)24-13-5-3-12(4-6-13)19(25)26/h3-9H,21H2,1-2H3,(H,25,26)(H,22,23,24). The highest BCUT2D eigenvalue weighted by molar-refractivity contribution is 6.32. The number of carboxylic acids is 1. The van der Waals surface area contributed by atoms with Gasteiger partial charge in [0.05, 0.1) is 5.56 Å². The van der Waals surface area contributed by atoms with E-state index in [4.69, 9.17) is 27.2 Å². The van der Waals surface area contributed by atoms with Gasteiger partial charge in [0.15, 0.2) is 5.82 Å². The molecule has 0 aliphatic rings. The maximum absolute atomic E-state index is 10.9. The number of hydrogen-bond donors (Lipinski definition) is 3. The summed E-state index contributed by atoms with van der Waals surface area (Å²) in [5, 5.41) is 12.7. The van der Waals surface area contributed by atoms with E-state index in [0.29, 0.717) is 22.3 Å². The number of halogens is 1. The zero-order valence-electron chi connectivity index (χ0n) is 14.7. The molecule has 0 aliphatic heterocycles. The molecule has 0 unspecified atom stereocenters. The van der Waals surface area contributed by atoms with Crippen molar-refractivity contribution in [3.63, 3.8) is 0 Å². The number of ether oxygens (including phenoxy) is 1. The topological polar surface area (TPSA) is 110 Å². The van der Waals surface area contributed by atoms with Crippen LogP contribution in [0.2, 0.25) is 5.02 Å². The van der Waals surface area contributed by atoms with Gasteiger partial charge in [-0.2, -0.15) is 4.98 Å². The number of hydrogen-bond acceptors (Lipinski definition) is 6. The number of anilines is 3. The number of carbonyl (C=O) groups is 1. The van der Waals surface area contributed by atoms with Crippen LogP contribution in [-0.2, 0) is 0 Å². The van der Waals surface area contributed by atoms with E-state index in [1.54, 1.807) is 24.3 Å². The number of rotatable bonds is 5. The summed E-state index contributed by atoms with van der Waals surface area (Å²) in [5.41, 5.74) is 8.95. The van der Waals surface area contributed by atoms with Crippen LogP contribution < -0.4 is 15.8 Å². The predicted octanol–water partition coefficient (Wildman–Crippen LogP) is 4.56. The normalized spacial score (nSPS) is 10.5. The van der Waals surface area contributed by atoms with E-state index >= 15 is 0 Å². The van der Waals surface area contributed by atoms with Crippen molar-refractivity contribution in [1.29, 1.82) is 0 Å². The Bertz CT molecular complexity index is 983. The van der Waals surface area contributed by atoms with Crippen molar-refractivity contribution in [2.75, 3.05) is 11.1 Å². The third-order valence-electron chi connectivity index (χ3n) is 3.87. The maximum atomic E-state index is 10.9. The highest BCUT2D eigenvalue weighted by atomic mass is 35.5. The van der Waals surface area contributed by atoms with E-state index in [9.17, 15) is 4.79 Å².